The van der Waals surface area contributed by atoms with E-state index in [4.69, 9.17) is 13.6 Å². The number of benzene rings is 3. The Morgan fingerprint density at radius 2 is 1.00 bits per heavy atom. The van der Waals surface area contributed by atoms with Gasteiger partial charge in [0.2, 0.25) is 0 Å². The van der Waals surface area contributed by atoms with Crippen molar-refractivity contribution in [2.45, 2.75) is 0 Å². The van der Waals surface area contributed by atoms with Crippen molar-refractivity contribution >= 4 is 15.6 Å². The highest BCUT2D eigenvalue weighted by atomic mass is 31.2. The second-order valence-electron chi connectivity index (χ2n) is 5.79. The molecule has 3 aromatic carbocycles. The lowest BCUT2D eigenvalue weighted by Crippen LogP contribution is -2.05. The van der Waals surface area contributed by atoms with Crippen LogP contribution in [0.15, 0.2) is 72.8 Å². The van der Waals surface area contributed by atoms with Crippen molar-refractivity contribution in [3.63, 3.8) is 0 Å². The Labute approximate surface area is 165 Å². The van der Waals surface area contributed by atoms with Gasteiger partial charge in [-0.3, -0.25) is 4.57 Å². The largest absolute Gasteiger partial charge is 0.444 e. The summed E-state index contributed by atoms with van der Waals surface area (Å²) in [6, 6.07) is 14.1. The van der Waals surface area contributed by atoms with Crippen LogP contribution < -0.4 is 13.6 Å². The molecule has 29 heavy (non-hydrogen) atoms. The first-order valence-corrected chi connectivity index (χ1v) is 11.5. The normalized spacial score (nSPS) is 12.2. The molecule has 152 valence electrons. The highest BCUT2D eigenvalue weighted by Crippen LogP contribution is 2.54. The molecule has 3 rings (SSSR count). The smallest absolute Gasteiger partial charge is 0.441 e. The minimum Gasteiger partial charge on any atom is -0.444 e. The van der Waals surface area contributed by atoms with Crippen LogP contribution in [0.2, 0.25) is 0 Å². The predicted molar refractivity (Wildman–Crippen MR) is 103 cm³/mol. The Morgan fingerprint density at radius 3 is 1.38 bits per heavy atom. The van der Waals surface area contributed by atoms with Crippen molar-refractivity contribution in [3.8, 4) is 17.2 Å². The van der Waals surface area contributed by atoms with Gasteiger partial charge in [0.05, 0.1) is 0 Å². The Hall–Kier alpha value is -2.69. The van der Waals surface area contributed by atoms with Crippen LogP contribution in [-0.2, 0) is 9.13 Å². The zero-order valence-electron chi connectivity index (χ0n) is 14.8. The van der Waals surface area contributed by atoms with Crippen LogP contribution in [0.3, 0.4) is 0 Å². The molecule has 5 nitrogen and oxygen atoms in total. The van der Waals surface area contributed by atoms with Gasteiger partial charge in [0.25, 0.3) is 8.03 Å². The van der Waals surface area contributed by atoms with Gasteiger partial charge in [-0.25, -0.2) is 17.7 Å². The second kappa shape index (κ2) is 9.21. The van der Waals surface area contributed by atoms with Crippen molar-refractivity contribution < 1.29 is 35.9 Å². The summed E-state index contributed by atoms with van der Waals surface area (Å²) in [6.07, 6.45) is 0. The van der Waals surface area contributed by atoms with Crippen LogP contribution in [-0.4, -0.2) is 5.90 Å². The molecule has 1 unspecified atom stereocenters. The molecular weight excluding hydrogens is 427 g/mol. The molecule has 0 saturated heterocycles. The summed E-state index contributed by atoms with van der Waals surface area (Å²) >= 11 is 0. The van der Waals surface area contributed by atoms with Gasteiger partial charge in [0.15, 0.2) is 5.90 Å². The van der Waals surface area contributed by atoms with Crippen LogP contribution in [0.5, 0.6) is 17.2 Å². The average Bonchev–Trinajstić information content (AvgIpc) is 2.67. The van der Waals surface area contributed by atoms with Crippen molar-refractivity contribution in [2.75, 3.05) is 5.90 Å². The second-order valence-corrected chi connectivity index (χ2v) is 9.59. The third-order valence-corrected chi connectivity index (χ3v) is 7.51. The summed E-state index contributed by atoms with van der Waals surface area (Å²) in [5.74, 6) is -2.02. The minimum atomic E-state index is -4.11. The summed E-state index contributed by atoms with van der Waals surface area (Å²) in [7, 11) is -7.11. The molecule has 0 bridgehead atoms. The molecule has 0 saturated carbocycles. The molecule has 0 aliphatic carbocycles. The van der Waals surface area contributed by atoms with E-state index in [1.54, 1.807) is 0 Å². The van der Waals surface area contributed by atoms with Gasteiger partial charge in [0, 0.05) is 0 Å². The molecule has 1 atom stereocenters. The summed E-state index contributed by atoms with van der Waals surface area (Å²) in [4.78, 5) is 0. The predicted octanol–water partition coefficient (Wildman–Crippen LogP) is 6.27. The Kier molecular flexibility index (Phi) is 6.68. The van der Waals surface area contributed by atoms with E-state index in [-0.39, 0.29) is 17.2 Å². The molecule has 0 radical (unpaired) electrons. The van der Waals surface area contributed by atoms with E-state index in [1.165, 1.54) is 36.4 Å². The van der Waals surface area contributed by atoms with Crippen LogP contribution in [0.4, 0.5) is 13.2 Å². The van der Waals surface area contributed by atoms with Gasteiger partial charge in [0.1, 0.15) is 34.7 Å². The molecule has 0 N–H and O–H groups in total. The number of hydrogen-bond acceptors (Lipinski definition) is 5. The molecule has 3 aromatic rings. The van der Waals surface area contributed by atoms with E-state index < -0.39 is 39.0 Å². The highest BCUT2D eigenvalue weighted by molar-refractivity contribution is 7.66. The van der Waals surface area contributed by atoms with Crippen LogP contribution >= 0.6 is 15.6 Å². The third-order valence-electron chi connectivity index (χ3n) is 3.48. The maximum absolute atomic E-state index is 13.2. The summed E-state index contributed by atoms with van der Waals surface area (Å²) in [6.45, 7) is 0. The Bertz CT molecular complexity index is 974. The van der Waals surface area contributed by atoms with Gasteiger partial charge in [-0.15, -0.1) is 0 Å². The van der Waals surface area contributed by atoms with Gasteiger partial charge >= 0.3 is 7.60 Å². The maximum Gasteiger partial charge on any atom is 0.441 e. The lowest BCUT2D eigenvalue weighted by molar-refractivity contribution is 0.388. The fraction of sp³-hybridized carbons (Fsp3) is 0.0526. The highest BCUT2D eigenvalue weighted by Gasteiger charge is 2.32. The van der Waals surface area contributed by atoms with Crippen molar-refractivity contribution in [1.29, 1.82) is 0 Å². The maximum atomic E-state index is 13.2. The van der Waals surface area contributed by atoms with Crippen LogP contribution in [0, 0.1) is 17.5 Å². The lowest BCUT2D eigenvalue weighted by atomic mass is 10.3. The molecule has 10 heteroatoms. The zero-order valence-corrected chi connectivity index (χ0v) is 16.7. The third kappa shape index (κ3) is 6.41. The molecule has 0 fully saturated rings. The Morgan fingerprint density at radius 1 is 0.655 bits per heavy atom. The number of rotatable bonds is 8. The van der Waals surface area contributed by atoms with E-state index >= 15 is 0 Å². The molecule has 0 heterocycles. The molecule has 0 aliphatic rings. The SMILES string of the molecule is O=[PH](CP(=O)(Oc1ccc(F)cc1)Oc1ccc(F)cc1)Oc1ccc(F)cc1. The number of halogens is 3. The molecule has 0 aliphatic heterocycles. The monoisotopic (exact) mass is 442 g/mol. The topological polar surface area (TPSA) is 61.8 Å². The molecule has 0 spiro atoms. The zero-order chi connectivity index (χ0) is 20.9. The van der Waals surface area contributed by atoms with Gasteiger partial charge in [-0.2, -0.15) is 0 Å². The van der Waals surface area contributed by atoms with E-state index in [0.29, 0.717) is 0 Å². The standard InChI is InChI=1S/C19H15F3O5P2/c20-14-1-7-17(8-2-14)25-28(23)13-29(24,26-18-9-3-15(21)4-10-18)27-19-11-5-16(22)6-12-19/h1-12,28H,13H2. The van der Waals surface area contributed by atoms with E-state index in [0.717, 1.165) is 36.4 Å². The summed E-state index contributed by atoms with van der Waals surface area (Å²) in [5.41, 5.74) is 0. The van der Waals surface area contributed by atoms with E-state index in [2.05, 4.69) is 0 Å². The molecule has 0 amide bonds. The quantitative estimate of drug-likeness (QED) is 0.385. The Balaban J connectivity index is 1.79. The van der Waals surface area contributed by atoms with Gasteiger partial charge in [-0.1, -0.05) is 0 Å². The van der Waals surface area contributed by atoms with E-state index in [1.807, 2.05) is 0 Å². The fourth-order valence-corrected chi connectivity index (χ4v) is 5.58. The molecule has 0 aromatic heterocycles. The van der Waals surface area contributed by atoms with Gasteiger partial charge < -0.3 is 13.6 Å². The fourth-order valence-electron chi connectivity index (χ4n) is 2.22. The van der Waals surface area contributed by atoms with Crippen molar-refractivity contribution in [2.24, 2.45) is 0 Å². The van der Waals surface area contributed by atoms with Crippen LogP contribution in [0.25, 0.3) is 0 Å². The first-order chi connectivity index (χ1) is 13.8. The van der Waals surface area contributed by atoms with Crippen molar-refractivity contribution in [1.82, 2.24) is 0 Å². The van der Waals surface area contributed by atoms with Gasteiger partial charge in [-0.05, 0) is 72.8 Å². The van der Waals surface area contributed by atoms with Crippen molar-refractivity contribution in [3.05, 3.63) is 90.2 Å². The first-order valence-electron chi connectivity index (χ1n) is 8.27. The van der Waals surface area contributed by atoms with E-state index in [9.17, 15) is 22.3 Å². The lowest BCUT2D eigenvalue weighted by Gasteiger charge is -2.20. The first kappa shape index (κ1) is 21.0. The summed E-state index contributed by atoms with van der Waals surface area (Å²) < 4.78 is 80.8. The average molecular weight is 442 g/mol. The molecular formula is C19H15F3O5P2. The summed E-state index contributed by atoms with van der Waals surface area (Å²) in [5, 5.41) is 0. The minimum absolute atomic E-state index is 0.0217. The number of hydrogen-bond donors (Lipinski definition) is 0. The van der Waals surface area contributed by atoms with Crippen LogP contribution in [0.1, 0.15) is 0 Å².